The third-order valence-corrected chi connectivity index (χ3v) is 5.65. The molecule has 1 heterocycles. The third-order valence-electron chi connectivity index (χ3n) is 3.41. The summed E-state index contributed by atoms with van der Waals surface area (Å²) in [4.78, 5) is 0.341. The van der Waals surface area contributed by atoms with Gasteiger partial charge in [0.15, 0.2) is 9.84 Å². The number of allylic oxidation sites excluding steroid dienone is 1. The van der Waals surface area contributed by atoms with Crippen molar-refractivity contribution in [3.05, 3.63) is 70.3 Å². The summed E-state index contributed by atoms with van der Waals surface area (Å²) in [6.07, 6.45) is 0.751. The van der Waals surface area contributed by atoms with Gasteiger partial charge >= 0.3 is 0 Å². The molecule has 1 N–H and O–H groups in total. The second kappa shape index (κ2) is 5.31. The minimum absolute atomic E-state index is 0.00832. The molecular weight excluding hydrogens is 350 g/mol. The molecule has 0 saturated carbocycles. The molecule has 2 aromatic carbocycles. The van der Waals surface area contributed by atoms with Gasteiger partial charge in [-0.15, -0.1) is 0 Å². The Bertz CT molecular complexity index is 811. The Morgan fingerprint density at radius 1 is 1.14 bits per heavy atom. The highest BCUT2D eigenvalue weighted by Gasteiger charge is 2.18. The first kappa shape index (κ1) is 14.4. The van der Waals surface area contributed by atoms with Crippen LogP contribution in [0, 0.1) is 0 Å². The van der Waals surface area contributed by atoms with Crippen LogP contribution in [-0.2, 0) is 22.0 Å². The lowest BCUT2D eigenvalue weighted by Crippen LogP contribution is -2.05. The molecule has 1 aliphatic rings. The molecule has 0 radical (unpaired) electrons. The zero-order chi connectivity index (χ0) is 15.0. The molecule has 0 amide bonds. The number of halogens is 1. The molecule has 2 aromatic rings. The van der Waals surface area contributed by atoms with E-state index in [9.17, 15) is 8.42 Å². The van der Waals surface area contributed by atoms with Gasteiger partial charge in [0.25, 0.3) is 0 Å². The fraction of sp³-hybridized carbons (Fsp3) is 0.125. The smallest absolute Gasteiger partial charge is 0.182 e. The molecule has 0 bridgehead atoms. The van der Waals surface area contributed by atoms with E-state index in [-0.39, 0.29) is 5.75 Å². The van der Waals surface area contributed by atoms with E-state index in [1.807, 2.05) is 18.2 Å². The predicted octanol–water partition coefficient (Wildman–Crippen LogP) is 3.90. The molecule has 0 fully saturated rings. The first-order valence-electron chi connectivity index (χ1n) is 6.49. The number of benzene rings is 2. The minimum Gasteiger partial charge on any atom is -0.359 e. The Morgan fingerprint density at radius 2 is 1.86 bits per heavy atom. The summed E-state index contributed by atoms with van der Waals surface area (Å²) in [5.74, 6) is 0.00832. The van der Waals surface area contributed by atoms with Crippen LogP contribution in [0.3, 0.4) is 0 Å². The molecule has 108 valence electrons. The van der Waals surface area contributed by atoms with Gasteiger partial charge in [-0.05, 0) is 41.5 Å². The second-order valence-electron chi connectivity index (χ2n) is 5.11. The lowest BCUT2D eigenvalue weighted by Gasteiger charge is -2.07. The topological polar surface area (TPSA) is 46.2 Å². The summed E-state index contributed by atoms with van der Waals surface area (Å²) in [5.41, 5.74) is 3.86. The van der Waals surface area contributed by atoms with Crippen LogP contribution in [0.4, 0.5) is 5.69 Å². The molecule has 3 nitrogen and oxygen atoms in total. The van der Waals surface area contributed by atoms with Crippen LogP contribution in [0.1, 0.15) is 11.1 Å². The van der Waals surface area contributed by atoms with Crippen LogP contribution in [0.2, 0.25) is 0 Å². The first-order valence-corrected chi connectivity index (χ1v) is 8.93. The molecule has 0 spiro atoms. The highest BCUT2D eigenvalue weighted by molar-refractivity contribution is 9.10. The van der Waals surface area contributed by atoms with E-state index in [4.69, 9.17) is 0 Å². The molecule has 0 unspecified atom stereocenters. The van der Waals surface area contributed by atoms with Crippen molar-refractivity contribution in [1.29, 1.82) is 0 Å². The molecule has 0 atom stereocenters. The Kier molecular flexibility index (Phi) is 3.63. The molecular formula is C16H14BrNO2S. The van der Waals surface area contributed by atoms with E-state index in [1.54, 1.807) is 24.3 Å². The van der Waals surface area contributed by atoms with Gasteiger partial charge in [-0.25, -0.2) is 8.42 Å². The van der Waals surface area contributed by atoms with E-state index in [1.165, 1.54) is 0 Å². The van der Waals surface area contributed by atoms with Crippen molar-refractivity contribution in [1.82, 2.24) is 0 Å². The Balaban J connectivity index is 1.88. The Labute approximate surface area is 132 Å². The second-order valence-corrected chi connectivity index (χ2v) is 8.02. The van der Waals surface area contributed by atoms with Gasteiger partial charge < -0.3 is 5.32 Å². The summed E-state index contributed by atoms with van der Waals surface area (Å²) in [7, 11) is -3.32. The van der Waals surface area contributed by atoms with Crippen LogP contribution in [-0.4, -0.2) is 8.42 Å². The summed E-state index contributed by atoms with van der Waals surface area (Å²) in [5, 5.41) is 3.18. The van der Waals surface area contributed by atoms with E-state index >= 15 is 0 Å². The van der Waals surface area contributed by atoms with Gasteiger partial charge in [-0.3, -0.25) is 0 Å². The van der Waals surface area contributed by atoms with Crippen molar-refractivity contribution in [3.63, 3.8) is 0 Å². The van der Waals surface area contributed by atoms with Crippen molar-refractivity contribution < 1.29 is 8.42 Å². The van der Waals surface area contributed by atoms with Crippen molar-refractivity contribution in [2.75, 3.05) is 5.32 Å². The SMILES string of the molecule is C=C1Cc2cc(CS(=O)(=O)c3ccc(Br)cc3)ccc2N1. The highest BCUT2D eigenvalue weighted by atomic mass is 79.9. The Hall–Kier alpha value is -1.59. The minimum atomic E-state index is -3.32. The van der Waals surface area contributed by atoms with Gasteiger partial charge in [0.1, 0.15) is 0 Å². The van der Waals surface area contributed by atoms with Gasteiger partial charge in [0.05, 0.1) is 10.6 Å². The molecule has 21 heavy (non-hydrogen) atoms. The summed E-state index contributed by atoms with van der Waals surface area (Å²) in [6, 6.07) is 12.4. The number of hydrogen-bond donors (Lipinski definition) is 1. The lowest BCUT2D eigenvalue weighted by molar-refractivity contribution is 0.595. The maximum atomic E-state index is 12.4. The van der Waals surface area contributed by atoms with Crippen molar-refractivity contribution >= 4 is 31.5 Å². The van der Waals surface area contributed by atoms with Gasteiger partial charge in [0.2, 0.25) is 0 Å². The number of sulfone groups is 1. The zero-order valence-corrected chi connectivity index (χ0v) is 13.7. The first-order chi connectivity index (χ1) is 9.94. The van der Waals surface area contributed by atoms with Crippen LogP contribution >= 0.6 is 15.9 Å². The van der Waals surface area contributed by atoms with Crippen molar-refractivity contribution in [2.45, 2.75) is 17.1 Å². The number of hydrogen-bond acceptors (Lipinski definition) is 3. The summed E-state index contributed by atoms with van der Waals surface area (Å²) >= 11 is 3.31. The highest BCUT2D eigenvalue weighted by Crippen LogP contribution is 2.29. The molecule has 0 aromatic heterocycles. The standard InChI is InChI=1S/C16H14BrNO2S/c1-11-8-13-9-12(2-7-16(13)18-11)10-21(19,20)15-5-3-14(17)4-6-15/h2-7,9,18H,1,8,10H2. The van der Waals surface area contributed by atoms with Crippen molar-refractivity contribution in [2.24, 2.45) is 0 Å². The fourth-order valence-corrected chi connectivity index (χ4v) is 4.01. The monoisotopic (exact) mass is 363 g/mol. The van der Waals surface area contributed by atoms with Gasteiger partial charge in [-0.1, -0.05) is 34.6 Å². The number of fused-ring (bicyclic) bond motifs is 1. The van der Waals surface area contributed by atoms with E-state index in [2.05, 4.69) is 27.8 Å². The molecule has 5 heteroatoms. The van der Waals surface area contributed by atoms with Crippen LogP contribution in [0.15, 0.2) is 64.1 Å². The predicted molar refractivity (Wildman–Crippen MR) is 87.9 cm³/mol. The number of nitrogens with one attached hydrogen (secondary N) is 1. The third kappa shape index (κ3) is 3.04. The van der Waals surface area contributed by atoms with Crippen LogP contribution < -0.4 is 5.32 Å². The maximum Gasteiger partial charge on any atom is 0.182 e. The largest absolute Gasteiger partial charge is 0.359 e. The van der Waals surface area contributed by atoms with Crippen molar-refractivity contribution in [3.8, 4) is 0 Å². The molecule has 3 rings (SSSR count). The fourth-order valence-electron chi connectivity index (χ4n) is 2.41. The van der Waals surface area contributed by atoms with Gasteiger partial charge in [-0.2, -0.15) is 0 Å². The zero-order valence-electron chi connectivity index (χ0n) is 11.3. The normalized spacial score (nSPS) is 13.9. The molecule has 0 aliphatic carbocycles. The molecule has 1 aliphatic heterocycles. The molecule has 0 saturated heterocycles. The Morgan fingerprint density at radius 3 is 2.57 bits per heavy atom. The van der Waals surface area contributed by atoms with Gasteiger partial charge in [0, 0.05) is 22.3 Å². The summed E-state index contributed by atoms with van der Waals surface area (Å²) < 4.78 is 25.7. The van der Waals surface area contributed by atoms with Crippen LogP contribution in [0.5, 0.6) is 0 Å². The number of anilines is 1. The van der Waals surface area contributed by atoms with E-state index < -0.39 is 9.84 Å². The summed E-state index contributed by atoms with van der Waals surface area (Å²) in [6.45, 7) is 3.90. The van der Waals surface area contributed by atoms with E-state index in [0.29, 0.717) is 4.90 Å². The number of rotatable bonds is 3. The van der Waals surface area contributed by atoms with Crippen LogP contribution in [0.25, 0.3) is 0 Å². The maximum absolute atomic E-state index is 12.4. The van der Waals surface area contributed by atoms with E-state index in [0.717, 1.165) is 33.4 Å². The average Bonchev–Trinajstić information content (AvgIpc) is 2.78. The quantitative estimate of drug-likeness (QED) is 0.899. The lowest BCUT2D eigenvalue weighted by atomic mass is 10.1. The average molecular weight is 364 g/mol.